The lowest BCUT2D eigenvalue weighted by atomic mass is 9.89. The van der Waals surface area contributed by atoms with E-state index in [1.54, 1.807) is 6.92 Å². The van der Waals surface area contributed by atoms with Crippen LogP contribution in [0.1, 0.15) is 24.6 Å². The average molecular weight is 312 g/mol. The molecule has 0 atom stereocenters. The Labute approximate surface area is 121 Å². The van der Waals surface area contributed by atoms with Crippen LogP contribution in [-0.2, 0) is 15.6 Å². The zero-order valence-electron chi connectivity index (χ0n) is 11.5. The van der Waals surface area contributed by atoms with E-state index >= 15 is 0 Å². The first-order chi connectivity index (χ1) is 9.92. The fourth-order valence-corrected chi connectivity index (χ4v) is 3.71. The van der Waals surface area contributed by atoms with Crippen LogP contribution in [0, 0.1) is 6.92 Å². The summed E-state index contributed by atoms with van der Waals surface area (Å²) in [5, 5.41) is 3.94. The lowest BCUT2D eigenvalue weighted by Gasteiger charge is -2.36. The fraction of sp³-hybridized carbons (Fsp3) is 0.545. The van der Waals surface area contributed by atoms with Gasteiger partial charge in [-0.3, -0.25) is 0 Å². The van der Waals surface area contributed by atoms with Gasteiger partial charge in [0.2, 0.25) is 5.89 Å². The summed E-state index contributed by atoms with van der Waals surface area (Å²) in [6.45, 7) is 2.29. The molecule has 0 aliphatic carbocycles. The van der Waals surface area contributed by atoms with Crippen LogP contribution in [0.4, 0.5) is 0 Å². The van der Waals surface area contributed by atoms with Crippen LogP contribution in [0.25, 0.3) is 0 Å². The van der Waals surface area contributed by atoms with Crippen molar-refractivity contribution in [2.24, 2.45) is 5.73 Å². The maximum absolute atomic E-state index is 12.4. The largest absolute Gasteiger partial charge is 0.340 e. The Hall–Kier alpha value is -1.78. The van der Waals surface area contributed by atoms with Gasteiger partial charge in [0.25, 0.3) is 10.0 Å². The highest BCUT2D eigenvalue weighted by Crippen LogP contribution is 2.30. The molecule has 9 nitrogen and oxygen atoms in total. The summed E-state index contributed by atoms with van der Waals surface area (Å²) in [6, 6.07) is 0. The second-order valence-electron chi connectivity index (χ2n) is 5.11. The Bertz CT molecular complexity index is 715. The lowest BCUT2D eigenvalue weighted by molar-refractivity contribution is 0.222. The lowest BCUT2D eigenvalue weighted by Crippen LogP contribution is -2.50. The molecule has 10 heteroatoms. The van der Waals surface area contributed by atoms with Crippen molar-refractivity contribution in [1.82, 2.24) is 24.4 Å². The molecule has 3 N–H and O–H groups in total. The number of rotatable bonds is 3. The average Bonchev–Trinajstić information content (AvgIpc) is 3.10. The van der Waals surface area contributed by atoms with Gasteiger partial charge in [-0.15, -0.1) is 0 Å². The molecular weight excluding hydrogens is 296 g/mol. The highest BCUT2D eigenvalue weighted by atomic mass is 32.2. The molecule has 0 saturated carbocycles. The second kappa shape index (κ2) is 4.90. The van der Waals surface area contributed by atoms with Crippen molar-refractivity contribution < 1.29 is 12.9 Å². The second-order valence-corrected chi connectivity index (χ2v) is 7.02. The molecule has 2 aromatic rings. The van der Waals surface area contributed by atoms with Crippen molar-refractivity contribution in [1.29, 1.82) is 0 Å². The minimum absolute atomic E-state index is 0.0856. The van der Waals surface area contributed by atoms with Crippen LogP contribution >= 0.6 is 0 Å². The molecule has 0 amide bonds. The van der Waals surface area contributed by atoms with Crippen molar-refractivity contribution in [3.05, 3.63) is 24.2 Å². The third-order valence-electron chi connectivity index (χ3n) is 3.68. The molecule has 0 unspecified atom stereocenters. The van der Waals surface area contributed by atoms with Crippen LogP contribution in [0.3, 0.4) is 0 Å². The molecule has 3 heterocycles. The number of nitrogens with two attached hydrogens (primary N) is 1. The first-order valence-corrected chi connectivity index (χ1v) is 7.94. The smallest absolute Gasteiger partial charge is 0.260 e. The van der Waals surface area contributed by atoms with Crippen molar-refractivity contribution in [2.75, 3.05) is 13.1 Å². The molecule has 0 radical (unpaired) electrons. The number of nitrogens with zero attached hydrogens (tertiary/aromatic N) is 4. The number of sulfonamides is 1. The number of nitrogens with one attached hydrogen (secondary N) is 1. The first kappa shape index (κ1) is 14.2. The van der Waals surface area contributed by atoms with Gasteiger partial charge in [-0.1, -0.05) is 5.16 Å². The zero-order valence-corrected chi connectivity index (χ0v) is 12.3. The summed E-state index contributed by atoms with van der Waals surface area (Å²) in [5.74, 6) is 0.876. The molecule has 3 rings (SSSR count). The number of aromatic amines is 1. The number of piperidine rings is 1. The van der Waals surface area contributed by atoms with Gasteiger partial charge in [0.15, 0.2) is 10.9 Å². The maximum atomic E-state index is 12.4. The van der Waals surface area contributed by atoms with E-state index in [1.807, 2.05) is 0 Å². The SMILES string of the molecule is Cc1nc(C2(N)CCN(S(=O)(=O)c3cnc[nH]3)CC2)no1. The number of hydrogen-bond acceptors (Lipinski definition) is 7. The molecular formula is C11H16N6O3S. The van der Waals surface area contributed by atoms with Gasteiger partial charge >= 0.3 is 0 Å². The molecule has 2 aromatic heterocycles. The number of aryl methyl sites for hydroxylation is 1. The summed E-state index contributed by atoms with van der Waals surface area (Å²) < 4.78 is 31.1. The van der Waals surface area contributed by atoms with Crippen LogP contribution in [0.15, 0.2) is 22.1 Å². The highest BCUT2D eigenvalue weighted by molar-refractivity contribution is 7.89. The summed E-state index contributed by atoms with van der Waals surface area (Å²) >= 11 is 0. The van der Waals surface area contributed by atoms with Gasteiger partial charge in [-0.2, -0.15) is 9.29 Å². The van der Waals surface area contributed by atoms with Gasteiger partial charge in [-0.05, 0) is 12.8 Å². The van der Waals surface area contributed by atoms with E-state index in [4.69, 9.17) is 10.3 Å². The van der Waals surface area contributed by atoms with Gasteiger partial charge < -0.3 is 15.2 Å². The molecule has 0 spiro atoms. The minimum atomic E-state index is -3.55. The predicted molar refractivity (Wildman–Crippen MR) is 71.5 cm³/mol. The van der Waals surface area contributed by atoms with Gasteiger partial charge in [0.05, 0.1) is 18.1 Å². The first-order valence-electron chi connectivity index (χ1n) is 6.50. The molecule has 0 bridgehead atoms. The van der Waals surface area contributed by atoms with E-state index in [1.165, 1.54) is 16.8 Å². The fourth-order valence-electron chi connectivity index (χ4n) is 2.37. The molecule has 1 fully saturated rings. The molecule has 1 aliphatic rings. The molecule has 21 heavy (non-hydrogen) atoms. The molecule has 1 saturated heterocycles. The van der Waals surface area contributed by atoms with Crippen molar-refractivity contribution in [3.63, 3.8) is 0 Å². The van der Waals surface area contributed by atoms with E-state index in [0.717, 1.165) is 0 Å². The Balaban J connectivity index is 1.76. The van der Waals surface area contributed by atoms with E-state index in [9.17, 15) is 8.42 Å². The van der Waals surface area contributed by atoms with Crippen LogP contribution in [-0.4, -0.2) is 45.9 Å². The van der Waals surface area contributed by atoms with Crippen molar-refractivity contribution >= 4 is 10.0 Å². The quantitative estimate of drug-likeness (QED) is 0.798. The van der Waals surface area contributed by atoms with Crippen LogP contribution in [0.2, 0.25) is 0 Å². The van der Waals surface area contributed by atoms with Gasteiger partial charge in [-0.25, -0.2) is 13.4 Å². The topological polar surface area (TPSA) is 131 Å². The standard InChI is InChI=1S/C11H16N6O3S/c1-8-15-10(16-20-8)11(12)2-4-17(5-3-11)21(18,19)9-6-13-7-14-9/h6-7H,2-5,12H2,1H3,(H,13,14). The minimum Gasteiger partial charge on any atom is -0.340 e. The molecule has 1 aliphatic heterocycles. The van der Waals surface area contributed by atoms with E-state index in [2.05, 4.69) is 20.1 Å². The van der Waals surface area contributed by atoms with Crippen LogP contribution < -0.4 is 5.73 Å². The maximum Gasteiger partial charge on any atom is 0.260 e. The Morgan fingerprint density at radius 1 is 1.43 bits per heavy atom. The summed E-state index contributed by atoms with van der Waals surface area (Å²) in [5.41, 5.74) is 5.54. The normalized spacial score (nSPS) is 19.7. The number of imidazole rings is 1. The predicted octanol–water partition coefficient (Wildman–Crippen LogP) is -0.260. The third-order valence-corrected chi connectivity index (χ3v) is 5.50. The number of hydrogen-bond donors (Lipinski definition) is 2. The van der Waals surface area contributed by atoms with Crippen molar-refractivity contribution in [2.45, 2.75) is 30.3 Å². The Morgan fingerprint density at radius 3 is 2.67 bits per heavy atom. The van der Waals surface area contributed by atoms with Gasteiger partial charge in [0, 0.05) is 20.0 Å². The Morgan fingerprint density at radius 2 is 2.14 bits per heavy atom. The van der Waals surface area contributed by atoms with E-state index in [0.29, 0.717) is 37.6 Å². The molecule has 114 valence electrons. The monoisotopic (exact) mass is 312 g/mol. The van der Waals surface area contributed by atoms with Crippen LogP contribution in [0.5, 0.6) is 0 Å². The van der Waals surface area contributed by atoms with Gasteiger partial charge in [0.1, 0.15) is 0 Å². The summed E-state index contributed by atoms with van der Waals surface area (Å²) in [7, 11) is -3.55. The van der Waals surface area contributed by atoms with E-state index in [-0.39, 0.29) is 5.03 Å². The number of aromatic nitrogens is 4. The zero-order chi connectivity index (χ0) is 15.1. The van der Waals surface area contributed by atoms with Crippen molar-refractivity contribution in [3.8, 4) is 0 Å². The number of H-pyrrole nitrogens is 1. The highest BCUT2D eigenvalue weighted by Gasteiger charge is 2.40. The Kier molecular flexibility index (Phi) is 3.30. The summed E-state index contributed by atoms with van der Waals surface area (Å²) in [4.78, 5) is 10.5. The summed E-state index contributed by atoms with van der Waals surface area (Å²) in [6.07, 6.45) is 3.49. The van der Waals surface area contributed by atoms with E-state index < -0.39 is 15.6 Å². The third kappa shape index (κ3) is 2.45. The molecule has 0 aromatic carbocycles.